The summed E-state index contributed by atoms with van der Waals surface area (Å²) >= 11 is 0. The van der Waals surface area contributed by atoms with Crippen LogP contribution in [0.3, 0.4) is 0 Å². The molecule has 2 heterocycles. The summed E-state index contributed by atoms with van der Waals surface area (Å²) in [4.78, 5) is 27.2. The summed E-state index contributed by atoms with van der Waals surface area (Å²) in [6.45, 7) is 2.72. The number of carbonyl (C=O) groups is 2. The smallest absolute Gasteiger partial charge is 0.409 e. The van der Waals surface area contributed by atoms with Crippen LogP contribution < -0.4 is 0 Å². The number of nitrogens with zero attached hydrogens (tertiary/aromatic N) is 2. The summed E-state index contributed by atoms with van der Waals surface area (Å²) in [6, 6.07) is 16.8. The first kappa shape index (κ1) is 17.3. The monoisotopic (exact) mass is 378 g/mol. The van der Waals surface area contributed by atoms with Gasteiger partial charge in [-0.25, -0.2) is 4.79 Å². The number of carboxylic acids is 1. The first-order chi connectivity index (χ1) is 13.6. The highest BCUT2D eigenvalue weighted by Gasteiger charge is 2.43. The first-order valence-electron chi connectivity index (χ1n) is 9.68. The van der Waals surface area contributed by atoms with Crippen LogP contribution in [-0.2, 0) is 9.53 Å². The molecule has 0 aromatic heterocycles. The Morgan fingerprint density at radius 1 is 0.929 bits per heavy atom. The summed E-state index contributed by atoms with van der Waals surface area (Å²) in [5.41, 5.74) is 4.85. The molecule has 1 N–H and O–H groups in total. The molecular weight excluding hydrogens is 356 g/mol. The van der Waals surface area contributed by atoms with Crippen molar-refractivity contribution < 1.29 is 19.4 Å². The molecule has 2 saturated heterocycles. The highest BCUT2D eigenvalue weighted by atomic mass is 16.6. The molecule has 0 radical (unpaired) electrons. The predicted molar refractivity (Wildman–Crippen MR) is 103 cm³/mol. The van der Waals surface area contributed by atoms with Crippen molar-refractivity contribution in [3.8, 4) is 11.1 Å². The Kier molecular flexibility index (Phi) is 4.09. The third kappa shape index (κ3) is 2.76. The number of ether oxygens (including phenoxy) is 1. The Morgan fingerprint density at radius 2 is 1.50 bits per heavy atom. The van der Waals surface area contributed by atoms with E-state index in [2.05, 4.69) is 29.2 Å². The van der Waals surface area contributed by atoms with Crippen molar-refractivity contribution in [1.82, 2.24) is 9.80 Å². The van der Waals surface area contributed by atoms with Crippen LogP contribution in [0, 0.1) is 5.92 Å². The Labute approximate surface area is 163 Å². The van der Waals surface area contributed by atoms with E-state index in [1.54, 1.807) is 4.90 Å². The van der Waals surface area contributed by atoms with Crippen molar-refractivity contribution in [1.29, 1.82) is 0 Å². The van der Waals surface area contributed by atoms with Crippen molar-refractivity contribution in [2.75, 3.05) is 32.8 Å². The maximum atomic E-state index is 12.4. The molecule has 144 valence electrons. The van der Waals surface area contributed by atoms with Gasteiger partial charge >= 0.3 is 12.1 Å². The van der Waals surface area contributed by atoms with Gasteiger partial charge in [-0.3, -0.25) is 9.69 Å². The molecule has 0 bridgehead atoms. The summed E-state index contributed by atoms with van der Waals surface area (Å²) in [6.07, 6.45) is -0.284. The summed E-state index contributed by atoms with van der Waals surface area (Å²) in [5, 5.41) is 8.97. The van der Waals surface area contributed by atoms with Crippen molar-refractivity contribution in [3.63, 3.8) is 0 Å². The van der Waals surface area contributed by atoms with Crippen LogP contribution in [0.1, 0.15) is 17.0 Å². The largest absolute Gasteiger partial charge is 0.481 e. The number of carboxylic acid groups (broad SMARTS) is 1. The maximum absolute atomic E-state index is 12.4. The normalized spacial score (nSPS) is 19.5. The van der Waals surface area contributed by atoms with Gasteiger partial charge in [-0.05, 0) is 22.3 Å². The molecule has 6 nitrogen and oxygen atoms in total. The third-order valence-corrected chi connectivity index (χ3v) is 6.23. The van der Waals surface area contributed by atoms with Crippen molar-refractivity contribution in [3.05, 3.63) is 59.7 Å². The number of amides is 1. The zero-order valence-electron chi connectivity index (χ0n) is 15.5. The Hall–Kier alpha value is -2.86. The SMILES string of the molecule is O=C(O)C1CN(C2CN(C(=O)OCC3c4ccccc4-c4ccccc43)C2)C1. The van der Waals surface area contributed by atoms with E-state index >= 15 is 0 Å². The molecule has 5 rings (SSSR count). The minimum atomic E-state index is -0.732. The lowest BCUT2D eigenvalue weighted by Gasteiger charge is -2.50. The second kappa shape index (κ2) is 6.63. The van der Waals surface area contributed by atoms with Gasteiger partial charge in [0.1, 0.15) is 6.61 Å². The van der Waals surface area contributed by atoms with Crippen LogP contribution in [0.15, 0.2) is 48.5 Å². The van der Waals surface area contributed by atoms with Gasteiger partial charge in [-0.1, -0.05) is 48.5 Å². The molecule has 2 aromatic rings. The molecule has 6 heteroatoms. The summed E-state index contributed by atoms with van der Waals surface area (Å²) < 4.78 is 5.66. The molecule has 1 amide bonds. The van der Waals surface area contributed by atoms with Crippen LogP contribution in [0.5, 0.6) is 0 Å². The second-order valence-corrected chi connectivity index (χ2v) is 7.85. The van der Waals surface area contributed by atoms with Gasteiger partial charge in [-0.15, -0.1) is 0 Å². The zero-order chi connectivity index (χ0) is 19.3. The van der Waals surface area contributed by atoms with E-state index in [0.29, 0.717) is 32.8 Å². The van der Waals surface area contributed by atoms with Crippen molar-refractivity contribution >= 4 is 12.1 Å². The zero-order valence-corrected chi connectivity index (χ0v) is 15.5. The maximum Gasteiger partial charge on any atom is 0.409 e. The van der Waals surface area contributed by atoms with E-state index in [1.165, 1.54) is 22.3 Å². The molecule has 2 aromatic carbocycles. The van der Waals surface area contributed by atoms with Gasteiger partial charge in [-0.2, -0.15) is 0 Å². The highest BCUT2D eigenvalue weighted by molar-refractivity contribution is 5.79. The van der Waals surface area contributed by atoms with Gasteiger partial charge in [0, 0.05) is 38.1 Å². The van der Waals surface area contributed by atoms with Crippen LogP contribution in [0.2, 0.25) is 0 Å². The number of fused-ring (bicyclic) bond motifs is 3. The minimum absolute atomic E-state index is 0.0696. The number of aliphatic carboxylic acids is 1. The Balaban J connectivity index is 1.18. The molecule has 3 aliphatic rings. The molecule has 1 aliphatic carbocycles. The number of carbonyl (C=O) groups excluding carboxylic acids is 1. The standard InChI is InChI=1S/C22H22N2O4/c25-21(26)14-9-23(10-14)15-11-24(12-15)22(27)28-13-20-18-7-3-1-5-16(18)17-6-2-4-8-19(17)20/h1-8,14-15,20H,9-13H2,(H,25,26). The molecule has 0 atom stereocenters. The molecule has 2 aliphatic heterocycles. The quantitative estimate of drug-likeness (QED) is 0.886. The van der Waals surface area contributed by atoms with E-state index in [0.717, 1.165) is 0 Å². The van der Waals surface area contributed by atoms with Crippen molar-refractivity contribution in [2.45, 2.75) is 12.0 Å². The van der Waals surface area contributed by atoms with Gasteiger partial charge in [0.25, 0.3) is 0 Å². The van der Waals surface area contributed by atoms with E-state index < -0.39 is 5.97 Å². The molecule has 0 unspecified atom stereocenters. The van der Waals surface area contributed by atoms with Crippen LogP contribution in [0.4, 0.5) is 4.79 Å². The topological polar surface area (TPSA) is 70.1 Å². The van der Waals surface area contributed by atoms with Crippen LogP contribution >= 0.6 is 0 Å². The van der Waals surface area contributed by atoms with Crippen LogP contribution in [0.25, 0.3) is 11.1 Å². The number of likely N-dealkylation sites (tertiary alicyclic amines) is 2. The van der Waals surface area contributed by atoms with Gasteiger partial charge in [0.2, 0.25) is 0 Å². The van der Waals surface area contributed by atoms with Gasteiger partial charge in [0.05, 0.1) is 5.92 Å². The first-order valence-corrected chi connectivity index (χ1v) is 9.68. The summed E-state index contributed by atoms with van der Waals surface area (Å²) in [5.74, 6) is -0.924. The Morgan fingerprint density at radius 3 is 2.07 bits per heavy atom. The molecule has 0 saturated carbocycles. The number of hydrogen-bond donors (Lipinski definition) is 1. The highest BCUT2D eigenvalue weighted by Crippen LogP contribution is 2.44. The molecule has 0 spiro atoms. The van der Waals surface area contributed by atoms with E-state index in [1.807, 2.05) is 24.3 Å². The minimum Gasteiger partial charge on any atom is -0.481 e. The average Bonchev–Trinajstić information content (AvgIpc) is 2.94. The lowest BCUT2D eigenvalue weighted by molar-refractivity contribution is -0.150. The predicted octanol–water partition coefficient (Wildman–Crippen LogP) is 2.64. The fraction of sp³-hybridized carbons (Fsp3) is 0.364. The van der Waals surface area contributed by atoms with Gasteiger partial charge in [0.15, 0.2) is 0 Å². The van der Waals surface area contributed by atoms with E-state index in [-0.39, 0.29) is 24.0 Å². The molecular formula is C22H22N2O4. The third-order valence-electron chi connectivity index (χ3n) is 6.23. The van der Waals surface area contributed by atoms with Gasteiger partial charge < -0.3 is 14.7 Å². The fourth-order valence-electron chi connectivity index (χ4n) is 4.49. The van der Waals surface area contributed by atoms with E-state index in [4.69, 9.17) is 9.84 Å². The second-order valence-electron chi connectivity index (χ2n) is 7.85. The average molecular weight is 378 g/mol. The number of hydrogen-bond acceptors (Lipinski definition) is 4. The summed E-state index contributed by atoms with van der Waals surface area (Å²) in [7, 11) is 0. The molecule has 28 heavy (non-hydrogen) atoms. The number of rotatable bonds is 4. The Bertz CT molecular complexity index is 886. The van der Waals surface area contributed by atoms with Crippen molar-refractivity contribution in [2.24, 2.45) is 5.92 Å². The fourth-order valence-corrected chi connectivity index (χ4v) is 4.49. The van der Waals surface area contributed by atoms with Crippen LogP contribution in [-0.4, -0.2) is 65.8 Å². The lowest BCUT2D eigenvalue weighted by Crippen LogP contribution is -2.67. The molecule has 2 fully saturated rings. The van der Waals surface area contributed by atoms with E-state index in [9.17, 15) is 9.59 Å². The lowest BCUT2D eigenvalue weighted by atomic mass is 9.95. The number of benzene rings is 2.